The molecule has 0 aliphatic carbocycles. The van der Waals surface area contributed by atoms with E-state index in [0.29, 0.717) is 37.6 Å². The van der Waals surface area contributed by atoms with Crippen molar-refractivity contribution >= 4 is 17.8 Å². The maximum absolute atomic E-state index is 13.0. The van der Waals surface area contributed by atoms with E-state index < -0.39 is 12.0 Å². The summed E-state index contributed by atoms with van der Waals surface area (Å²) in [5, 5.41) is 2.72. The van der Waals surface area contributed by atoms with Crippen molar-refractivity contribution in [3.63, 3.8) is 0 Å². The molecule has 1 aromatic carbocycles. The van der Waals surface area contributed by atoms with Gasteiger partial charge in [0, 0.05) is 25.3 Å². The van der Waals surface area contributed by atoms with E-state index in [1.54, 1.807) is 24.3 Å². The van der Waals surface area contributed by atoms with E-state index in [0.717, 1.165) is 25.7 Å². The largest absolute Gasteiger partial charge is 0.494 e. The molecule has 2 unspecified atom stereocenters. The van der Waals surface area contributed by atoms with Gasteiger partial charge in [0.05, 0.1) is 19.1 Å². The Hall–Kier alpha value is -2.61. The van der Waals surface area contributed by atoms with Gasteiger partial charge in [-0.05, 0) is 43.5 Å². The van der Waals surface area contributed by atoms with Crippen LogP contribution in [0.2, 0.25) is 0 Å². The molecule has 0 radical (unpaired) electrons. The highest BCUT2D eigenvalue weighted by Crippen LogP contribution is 2.19. The van der Waals surface area contributed by atoms with Crippen molar-refractivity contribution in [1.82, 2.24) is 10.2 Å². The third-order valence-corrected chi connectivity index (χ3v) is 5.27. The van der Waals surface area contributed by atoms with Crippen LogP contribution < -0.4 is 10.1 Å². The van der Waals surface area contributed by atoms with Gasteiger partial charge < -0.3 is 24.4 Å². The van der Waals surface area contributed by atoms with E-state index in [1.807, 2.05) is 0 Å². The van der Waals surface area contributed by atoms with Crippen LogP contribution in [0.1, 0.15) is 49.4 Å². The van der Waals surface area contributed by atoms with Crippen LogP contribution in [-0.4, -0.2) is 67.7 Å². The van der Waals surface area contributed by atoms with Crippen LogP contribution in [-0.2, 0) is 19.1 Å². The second-order valence-electron chi connectivity index (χ2n) is 7.55. The Bertz CT molecular complexity index is 730. The van der Waals surface area contributed by atoms with Crippen LogP contribution in [0.4, 0.5) is 0 Å². The molecule has 2 fully saturated rings. The number of hydrogen-bond donors (Lipinski definition) is 1. The Labute approximate surface area is 176 Å². The second kappa shape index (κ2) is 11.0. The van der Waals surface area contributed by atoms with Crippen molar-refractivity contribution in [3.8, 4) is 5.75 Å². The number of hydrogen-bond acceptors (Lipinski definition) is 6. The van der Waals surface area contributed by atoms with E-state index in [-0.39, 0.29) is 30.9 Å². The molecule has 2 saturated heterocycles. The molecule has 30 heavy (non-hydrogen) atoms. The highest BCUT2D eigenvalue weighted by atomic mass is 16.6. The Kier molecular flexibility index (Phi) is 8.07. The zero-order valence-corrected chi connectivity index (χ0v) is 17.4. The lowest BCUT2D eigenvalue weighted by Crippen LogP contribution is -2.57. The van der Waals surface area contributed by atoms with Gasteiger partial charge in [0.2, 0.25) is 5.91 Å². The Morgan fingerprint density at radius 2 is 2.07 bits per heavy atom. The molecule has 0 aromatic heterocycles. The van der Waals surface area contributed by atoms with Gasteiger partial charge in [-0.25, -0.2) is 0 Å². The fourth-order valence-electron chi connectivity index (χ4n) is 3.53. The maximum Gasteiger partial charge on any atom is 0.308 e. The smallest absolute Gasteiger partial charge is 0.308 e. The summed E-state index contributed by atoms with van der Waals surface area (Å²) in [6.07, 6.45) is 3.57. The van der Waals surface area contributed by atoms with Gasteiger partial charge in [0.25, 0.3) is 5.91 Å². The number of nitrogens with zero attached hydrogens (tertiary/aromatic N) is 1. The number of carbonyl (C=O) groups is 3. The van der Waals surface area contributed by atoms with Crippen molar-refractivity contribution in [1.29, 1.82) is 0 Å². The molecule has 1 aromatic rings. The van der Waals surface area contributed by atoms with Gasteiger partial charge in [-0.3, -0.25) is 14.4 Å². The van der Waals surface area contributed by atoms with Crippen LogP contribution in [0, 0.1) is 0 Å². The fraction of sp³-hybridized carbons (Fsp3) is 0.591. The molecular weight excluding hydrogens is 388 g/mol. The van der Waals surface area contributed by atoms with Crippen molar-refractivity contribution in [2.75, 3.05) is 32.9 Å². The number of esters is 1. The number of amides is 2. The third-order valence-electron chi connectivity index (χ3n) is 5.27. The molecule has 8 nitrogen and oxygen atoms in total. The van der Waals surface area contributed by atoms with Crippen LogP contribution >= 0.6 is 0 Å². The lowest BCUT2D eigenvalue weighted by atomic mass is 10.1. The first-order valence-electron chi connectivity index (χ1n) is 10.7. The minimum absolute atomic E-state index is 0.0788. The summed E-state index contributed by atoms with van der Waals surface area (Å²) >= 11 is 0. The van der Waals surface area contributed by atoms with Crippen molar-refractivity contribution in [2.45, 2.75) is 51.2 Å². The van der Waals surface area contributed by atoms with Gasteiger partial charge in [-0.15, -0.1) is 0 Å². The highest BCUT2D eigenvalue weighted by molar-refractivity contribution is 5.99. The monoisotopic (exact) mass is 418 g/mol. The molecule has 0 bridgehead atoms. The Morgan fingerprint density at radius 3 is 2.77 bits per heavy atom. The summed E-state index contributed by atoms with van der Waals surface area (Å²) in [6.45, 7) is 4.27. The summed E-state index contributed by atoms with van der Waals surface area (Å²) in [6, 6.07) is 5.98. The predicted octanol–water partition coefficient (Wildman–Crippen LogP) is 1.92. The lowest BCUT2D eigenvalue weighted by Gasteiger charge is -2.34. The third kappa shape index (κ3) is 5.95. The zero-order valence-electron chi connectivity index (χ0n) is 17.4. The second-order valence-corrected chi connectivity index (χ2v) is 7.55. The minimum Gasteiger partial charge on any atom is -0.494 e. The topological polar surface area (TPSA) is 94.2 Å². The molecule has 0 spiro atoms. The Morgan fingerprint density at radius 1 is 1.27 bits per heavy atom. The summed E-state index contributed by atoms with van der Waals surface area (Å²) in [5.74, 6) is -0.444. The van der Waals surface area contributed by atoms with Crippen molar-refractivity contribution in [3.05, 3.63) is 29.8 Å². The van der Waals surface area contributed by atoms with Crippen molar-refractivity contribution in [2.24, 2.45) is 0 Å². The summed E-state index contributed by atoms with van der Waals surface area (Å²) in [7, 11) is 0. The molecule has 8 heteroatoms. The van der Waals surface area contributed by atoms with Gasteiger partial charge in [-0.1, -0.05) is 13.3 Å². The first-order chi connectivity index (χ1) is 14.6. The van der Waals surface area contributed by atoms with Gasteiger partial charge in [0.15, 0.2) is 0 Å². The van der Waals surface area contributed by atoms with Crippen LogP contribution in [0.5, 0.6) is 5.75 Å². The summed E-state index contributed by atoms with van der Waals surface area (Å²) in [4.78, 5) is 39.1. The zero-order chi connectivity index (χ0) is 21.3. The number of ether oxygens (including phenoxy) is 3. The number of unbranched alkanes of at least 4 members (excludes halogenated alkanes) is 1. The molecular formula is C22H30N2O6. The average molecular weight is 418 g/mol. The standard InChI is InChI=1S/C22H30N2O6/c1-2-3-12-28-17-8-6-16(7-9-17)22(27)24-11-10-23-21(26)19(24)14-20(25)30-15-18-5-4-13-29-18/h6-9,18-19H,2-5,10-15H2,1H3,(H,23,26). The van der Waals surface area contributed by atoms with E-state index >= 15 is 0 Å². The van der Waals surface area contributed by atoms with E-state index in [2.05, 4.69) is 12.2 Å². The number of nitrogens with one attached hydrogen (secondary N) is 1. The van der Waals surface area contributed by atoms with Gasteiger partial charge in [-0.2, -0.15) is 0 Å². The number of rotatable bonds is 9. The van der Waals surface area contributed by atoms with E-state index in [9.17, 15) is 14.4 Å². The average Bonchev–Trinajstić information content (AvgIpc) is 3.28. The van der Waals surface area contributed by atoms with Crippen molar-refractivity contribution < 1.29 is 28.6 Å². The van der Waals surface area contributed by atoms with Crippen LogP contribution in [0.25, 0.3) is 0 Å². The molecule has 2 amide bonds. The molecule has 1 N–H and O–H groups in total. The number of carbonyl (C=O) groups excluding carboxylic acids is 3. The fourth-order valence-corrected chi connectivity index (χ4v) is 3.53. The lowest BCUT2D eigenvalue weighted by molar-refractivity contribution is -0.150. The maximum atomic E-state index is 13.0. The molecule has 164 valence electrons. The molecule has 2 aliphatic heterocycles. The van der Waals surface area contributed by atoms with E-state index in [4.69, 9.17) is 14.2 Å². The predicted molar refractivity (Wildman–Crippen MR) is 109 cm³/mol. The first-order valence-corrected chi connectivity index (χ1v) is 10.7. The number of benzene rings is 1. The molecule has 2 aliphatic rings. The number of piperazine rings is 1. The van der Waals surface area contributed by atoms with Crippen LogP contribution in [0.3, 0.4) is 0 Å². The molecule has 3 rings (SSSR count). The summed E-state index contributed by atoms with van der Waals surface area (Å²) < 4.78 is 16.3. The highest BCUT2D eigenvalue weighted by Gasteiger charge is 2.35. The molecule has 2 atom stereocenters. The molecule has 2 heterocycles. The quantitative estimate of drug-likeness (QED) is 0.486. The summed E-state index contributed by atoms with van der Waals surface area (Å²) in [5.41, 5.74) is 0.449. The normalized spacial score (nSPS) is 21.2. The van der Waals surface area contributed by atoms with Crippen LogP contribution in [0.15, 0.2) is 24.3 Å². The van der Waals surface area contributed by atoms with E-state index in [1.165, 1.54) is 4.90 Å². The van der Waals surface area contributed by atoms with Gasteiger partial charge in [0.1, 0.15) is 18.4 Å². The minimum atomic E-state index is -0.885. The SMILES string of the molecule is CCCCOc1ccc(C(=O)N2CCNC(=O)C2CC(=O)OCC2CCCO2)cc1. The van der Waals surface area contributed by atoms with Gasteiger partial charge >= 0.3 is 5.97 Å². The first kappa shape index (κ1) is 22.1. The molecule has 0 saturated carbocycles. The Balaban J connectivity index is 1.59.